The van der Waals surface area contributed by atoms with E-state index in [4.69, 9.17) is 5.73 Å². The van der Waals surface area contributed by atoms with Gasteiger partial charge in [-0.15, -0.1) is 0 Å². The van der Waals surface area contributed by atoms with Gasteiger partial charge in [0.15, 0.2) is 0 Å². The molecule has 17 heavy (non-hydrogen) atoms. The van der Waals surface area contributed by atoms with Crippen molar-refractivity contribution in [3.05, 3.63) is 0 Å². The van der Waals surface area contributed by atoms with E-state index in [0.29, 0.717) is 13.0 Å². The summed E-state index contributed by atoms with van der Waals surface area (Å²) in [7, 11) is -4.05. The highest BCUT2D eigenvalue weighted by Gasteiger charge is 2.29. The van der Waals surface area contributed by atoms with Crippen molar-refractivity contribution in [1.82, 2.24) is 9.44 Å². The molecule has 0 atom stereocenters. The normalized spacial score (nSPS) is 12.9. The molecule has 0 aromatic heterocycles. The summed E-state index contributed by atoms with van der Waals surface area (Å²) < 4.78 is 60.7. The Bertz CT molecular complexity index is 293. The molecule has 0 aromatic carbocycles. The van der Waals surface area contributed by atoms with E-state index in [0.717, 1.165) is 19.3 Å². The zero-order chi connectivity index (χ0) is 13.4. The van der Waals surface area contributed by atoms with Gasteiger partial charge in [0.25, 0.3) is 10.2 Å². The van der Waals surface area contributed by atoms with Crippen molar-refractivity contribution in [2.45, 2.75) is 31.9 Å². The lowest BCUT2D eigenvalue weighted by Crippen LogP contribution is -2.41. The Hall–Kier alpha value is -0.380. The molecule has 0 aliphatic carbocycles. The molecule has 0 radical (unpaired) electrons. The van der Waals surface area contributed by atoms with E-state index < -0.39 is 22.9 Å². The van der Waals surface area contributed by atoms with Crippen LogP contribution < -0.4 is 15.2 Å². The Morgan fingerprint density at radius 1 is 1.00 bits per heavy atom. The number of hydrogen-bond donors (Lipinski definition) is 3. The van der Waals surface area contributed by atoms with Gasteiger partial charge in [-0.2, -0.15) is 26.3 Å². The van der Waals surface area contributed by atoms with E-state index in [-0.39, 0.29) is 6.54 Å². The van der Waals surface area contributed by atoms with Crippen LogP contribution in [0.4, 0.5) is 13.2 Å². The predicted molar refractivity (Wildman–Crippen MR) is 58.5 cm³/mol. The van der Waals surface area contributed by atoms with Gasteiger partial charge in [0.05, 0.1) is 0 Å². The molecule has 0 fully saturated rings. The maximum atomic E-state index is 11.7. The molecule has 0 aliphatic heterocycles. The Morgan fingerprint density at radius 2 is 1.59 bits per heavy atom. The van der Waals surface area contributed by atoms with E-state index in [9.17, 15) is 21.6 Å². The number of nitrogens with one attached hydrogen (secondary N) is 2. The minimum absolute atomic E-state index is 0.123. The first-order valence-electron chi connectivity index (χ1n) is 5.28. The molecule has 0 bridgehead atoms. The Balaban J connectivity index is 3.65. The van der Waals surface area contributed by atoms with E-state index in [2.05, 4.69) is 0 Å². The minimum Gasteiger partial charge on any atom is -0.330 e. The largest absolute Gasteiger partial charge is 0.402 e. The maximum absolute atomic E-state index is 11.7. The van der Waals surface area contributed by atoms with Gasteiger partial charge < -0.3 is 5.73 Å². The quantitative estimate of drug-likeness (QED) is 0.536. The third-order valence-electron chi connectivity index (χ3n) is 1.89. The van der Waals surface area contributed by atoms with Crippen LogP contribution in [0.5, 0.6) is 0 Å². The third-order valence-corrected chi connectivity index (χ3v) is 2.99. The highest BCUT2D eigenvalue weighted by atomic mass is 32.2. The minimum atomic E-state index is -4.55. The lowest BCUT2D eigenvalue weighted by molar-refractivity contribution is -0.121. The van der Waals surface area contributed by atoms with Crippen molar-refractivity contribution >= 4 is 10.2 Å². The van der Waals surface area contributed by atoms with E-state index >= 15 is 0 Å². The fourth-order valence-electron chi connectivity index (χ4n) is 1.06. The second-order valence-corrected chi connectivity index (χ2v) is 5.12. The molecule has 0 rings (SSSR count). The van der Waals surface area contributed by atoms with Gasteiger partial charge >= 0.3 is 6.18 Å². The number of rotatable bonds is 9. The fourth-order valence-corrected chi connectivity index (χ4v) is 1.93. The zero-order valence-corrected chi connectivity index (χ0v) is 10.2. The molecular formula is C8H18F3N3O2S. The van der Waals surface area contributed by atoms with Gasteiger partial charge in [-0.3, -0.25) is 0 Å². The van der Waals surface area contributed by atoms with Crippen molar-refractivity contribution in [3.8, 4) is 0 Å². The maximum Gasteiger partial charge on any atom is 0.402 e. The average molecular weight is 277 g/mol. The molecule has 0 saturated carbocycles. The molecule has 5 nitrogen and oxygen atoms in total. The van der Waals surface area contributed by atoms with E-state index in [1.165, 1.54) is 4.72 Å². The van der Waals surface area contributed by atoms with Gasteiger partial charge in [0, 0.05) is 6.54 Å². The van der Waals surface area contributed by atoms with Gasteiger partial charge in [0.2, 0.25) is 0 Å². The second kappa shape index (κ2) is 7.85. The number of halogens is 3. The molecule has 4 N–H and O–H groups in total. The van der Waals surface area contributed by atoms with Crippen LogP contribution in [0.25, 0.3) is 0 Å². The lowest BCUT2D eigenvalue weighted by atomic mass is 10.2. The molecule has 0 unspecified atom stereocenters. The number of nitrogens with two attached hydrogens (primary N) is 1. The summed E-state index contributed by atoms with van der Waals surface area (Å²) in [4.78, 5) is 0. The molecule has 0 aliphatic rings. The van der Waals surface area contributed by atoms with Crippen molar-refractivity contribution in [1.29, 1.82) is 0 Å². The van der Waals surface area contributed by atoms with Crippen LogP contribution in [0, 0.1) is 0 Å². The number of unbranched alkanes of at least 4 members (excludes halogenated alkanes) is 3. The zero-order valence-electron chi connectivity index (χ0n) is 9.39. The molecule has 9 heteroatoms. The van der Waals surface area contributed by atoms with Crippen LogP contribution in [0.15, 0.2) is 0 Å². The first-order chi connectivity index (χ1) is 7.77. The highest BCUT2D eigenvalue weighted by molar-refractivity contribution is 7.87. The van der Waals surface area contributed by atoms with Gasteiger partial charge in [-0.05, 0) is 19.4 Å². The van der Waals surface area contributed by atoms with E-state index in [1.807, 2.05) is 4.72 Å². The van der Waals surface area contributed by atoms with Crippen LogP contribution in [-0.4, -0.2) is 34.2 Å². The standard InChI is InChI=1S/C8H18F3N3O2S/c9-8(10,11)7-14-17(15,16)13-6-4-2-1-3-5-12/h13-14H,1-7,12H2. The van der Waals surface area contributed by atoms with Crippen molar-refractivity contribution < 1.29 is 21.6 Å². The SMILES string of the molecule is NCCCCCCNS(=O)(=O)NCC(F)(F)F. The van der Waals surface area contributed by atoms with Crippen LogP contribution in [0.1, 0.15) is 25.7 Å². The molecule has 0 heterocycles. The average Bonchev–Trinajstić information content (AvgIpc) is 2.20. The topological polar surface area (TPSA) is 84.2 Å². The Kier molecular flexibility index (Phi) is 7.68. The van der Waals surface area contributed by atoms with Gasteiger partial charge in [0.1, 0.15) is 6.54 Å². The Labute approximate surface area is 99.1 Å². The van der Waals surface area contributed by atoms with Crippen LogP contribution >= 0.6 is 0 Å². The summed E-state index contributed by atoms with van der Waals surface area (Å²) in [5.41, 5.74) is 5.26. The smallest absolute Gasteiger partial charge is 0.330 e. The molecule has 0 amide bonds. The van der Waals surface area contributed by atoms with Crippen LogP contribution in [-0.2, 0) is 10.2 Å². The first-order valence-corrected chi connectivity index (χ1v) is 6.76. The van der Waals surface area contributed by atoms with Crippen LogP contribution in [0.2, 0.25) is 0 Å². The van der Waals surface area contributed by atoms with E-state index in [1.54, 1.807) is 0 Å². The summed E-state index contributed by atoms with van der Waals surface area (Å²) in [5.74, 6) is 0. The summed E-state index contributed by atoms with van der Waals surface area (Å²) in [6, 6.07) is 0. The summed E-state index contributed by atoms with van der Waals surface area (Å²) >= 11 is 0. The van der Waals surface area contributed by atoms with Crippen molar-refractivity contribution in [2.75, 3.05) is 19.6 Å². The summed E-state index contributed by atoms with van der Waals surface area (Å²) in [5, 5.41) is 0. The van der Waals surface area contributed by atoms with Crippen LogP contribution in [0.3, 0.4) is 0 Å². The fraction of sp³-hybridized carbons (Fsp3) is 1.00. The predicted octanol–water partition coefficient (Wildman–Crippen LogP) is 0.492. The summed E-state index contributed by atoms with van der Waals surface area (Å²) in [6.45, 7) is -0.855. The number of alkyl halides is 3. The number of hydrogen-bond acceptors (Lipinski definition) is 3. The lowest BCUT2D eigenvalue weighted by Gasteiger charge is -2.10. The first kappa shape index (κ1) is 16.6. The highest BCUT2D eigenvalue weighted by Crippen LogP contribution is 2.12. The third kappa shape index (κ3) is 11.9. The molecule has 104 valence electrons. The Morgan fingerprint density at radius 3 is 2.12 bits per heavy atom. The van der Waals surface area contributed by atoms with Crippen molar-refractivity contribution in [3.63, 3.8) is 0 Å². The molecule has 0 aromatic rings. The molecular weight excluding hydrogens is 259 g/mol. The van der Waals surface area contributed by atoms with Gasteiger partial charge in [-0.25, -0.2) is 4.72 Å². The monoisotopic (exact) mass is 277 g/mol. The molecule has 0 spiro atoms. The molecule has 0 saturated heterocycles. The summed E-state index contributed by atoms with van der Waals surface area (Å²) in [6.07, 6.45) is -1.44. The van der Waals surface area contributed by atoms with Gasteiger partial charge in [-0.1, -0.05) is 12.8 Å². The van der Waals surface area contributed by atoms with Crippen molar-refractivity contribution in [2.24, 2.45) is 5.73 Å². The second-order valence-electron chi connectivity index (χ2n) is 3.54.